The largest absolute Gasteiger partial charge is 0.379 e. The molecule has 2 aliphatic rings. The van der Waals surface area contributed by atoms with E-state index in [0.29, 0.717) is 6.42 Å². The van der Waals surface area contributed by atoms with Crippen molar-refractivity contribution in [1.82, 2.24) is 9.80 Å². The molecule has 0 unspecified atom stereocenters. The van der Waals surface area contributed by atoms with E-state index in [2.05, 4.69) is 29.2 Å². The lowest BCUT2D eigenvalue weighted by Gasteiger charge is -2.33. The lowest BCUT2D eigenvalue weighted by molar-refractivity contribution is -0.132. The van der Waals surface area contributed by atoms with E-state index in [4.69, 9.17) is 4.74 Å². The van der Waals surface area contributed by atoms with Crippen LogP contribution in [0, 0.1) is 0 Å². The van der Waals surface area contributed by atoms with Crippen LogP contribution in [0.25, 0.3) is 0 Å². The van der Waals surface area contributed by atoms with E-state index in [1.165, 1.54) is 17.5 Å². The van der Waals surface area contributed by atoms with E-state index in [0.717, 1.165) is 52.1 Å². The standard InChI is InChI=1S/C19H28N2O2/c1-20(18-9-4-7-16-6-2-3-8-17(16)18)19(22)10-5-11-21-12-14-23-15-13-21/h2-3,6,8,18H,4-5,7,9-15H2,1H3/t18-/m1/s1. The van der Waals surface area contributed by atoms with E-state index >= 15 is 0 Å². The molecule has 4 nitrogen and oxygen atoms in total. The topological polar surface area (TPSA) is 32.8 Å². The molecule has 1 aliphatic carbocycles. The molecule has 23 heavy (non-hydrogen) atoms. The summed E-state index contributed by atoms with van der Waals surface area (Å²) in [7, 11) is 1.98. The van der Waals surface area contributed by atoms with Gasteiger partial charge in [-0.25, -0.2) is 0 Å². The summed E-state index contributed by atoms with van der Waals surface area (Å²) in [6, 6.07) is 8.85. The molecule has 0 spiro atoms. The van der Waals surface area contributed by atoms with Gasteiger partial charge in [-0.3, -0.25) is 9.69 Å². The highest BCUT2D eigenvalue weighted by Crippen LogP contribution is 2.33. The average Bonchev–Trinajstić information content (AvgIpc) is 2.61. The first-order valence-corrected chi connectivity index (χ1v) is 8.89. The maximum absolute atomic E-state index is 12.6. The quantitative estimate of drug-likeness (QED) is 0.837. The Morgan fingerprint density at radius 3 is 2.91 bits per heavy atom. The summed E-state index contributed by atoms with van der Waals surface area (Å²) in [4.78, 5) is 17.0. The summed E-state index contributed by atoms with van der Waals surface area (Å²) in [5.74, 6) is 0.278. The zero-order valence-electron chi connectivity index (χ0n) is 14.2. The van der Waals surface area contributed by atoms with Gasteiger partial charge in [-0.05, 0) is 43.4 Å². The fourth-order valence-electron chi connectivity index (χ4n) is 3.76. The van der Waals surface area contributed by atoms with Crippen LogP contribution >= 0.6 is 0 Å². The number of nitrogens with zero attached hydrogens (tertiary/aromatic N) is 2. The number of ether oxygens (including phenoxy) is 1. The Morgan fingerprint density at radius 2 is 2.09 bits per heavy atom. The molecular weight excluding hydrogens is 288 g/mol. The molecule has 1 aromatic rings. The molecule has 0 N–H and O–H groups in total. The van der Waals surface area contributed by atoms with Crippen molar-refractivity contribution in [1.29, 1.82) is 0 Å². The van der Waals surface area contributed by atoms with Crippen molar-refractivity contribution < 1.29 is 9.53 Å². The van der Waals surface area contributed by atoms with Gasteiger partial charge in [0, 0.05) is 26.6 Å². The molecule has 1 aromatic carbocycles. The molecule has 1 heterocycles. The van der Waals surface area contributed by atoms with Gasteiger partial charge in [-0.2, -0.15) is 0 Å². The second-order valence-electron chi connectivity index (χ2n) is 6.67. The van der Waals surface area contributed by atoms with E-state index in [1.807, 2.05) is 11.9 Å². The van der Waals surface area contributed by atoms with Gasteiger partial charge in [-0.15, -0.1) is 0 Å². The number of morpholine rings is 1. The molecule has 1 saturated heterocycles. The number of carbonyl (C=O) groups is 1. The summed E-state index contributed by atoms with van der Waals surface area (Å²) in [6.45, 7) is 4.66. The Balaban J connectivity index is 1.51. The third-order valence-electron chi connectivity index (χ3n) is 5.17. The lowest BCUT2D eigenvalue weighted by Crippen LogP contribution is -2.38. The van der Waals surface area contributed by atoms with Gasteiger partial charge in [-0.1, -0.05) is 24.3 Å². The van der Waals surface area contributed by atoms with E-state index in [9.17, 15) is 4.79 Å². The van der Waals surface area contributed by atoms with Crippen LogP contribution in [-0.4, -0.2) is 55.6 Å². The van der Waals surface area contributed by atoms with Gasteiger partial charge < -0.3 is 9.64 Å². The highest BCUT2D eigenvalue weighted by Gasteiger charge is 2.26. The van der Waals surface area contributed by atoms with Crippen LogP contribution < -0.4 is 0 Å². The second-order valence-corrected chi connectivity index (χ2v) is 6.67. The van der Waals surface area contributed by atoms with Crippen LogP contribution in [0.15, 0.2) is 24.3 Å². The number of aryl methyl sites for hydroxylation is 1. The third-order valence-corrected chi connectivity index (χ3v) is 5.17. The monoisotopic (exact) mass is 316 g/mol. The Kier molecular flexibility index (Phi) is 5.68. The SMILES string of the molecule is CN(C(=O)CCCN1CCOCC1)[C@@H]1CCCc2ccccc21. The van der Waals surface area contributed by atoms with Crippen molar-refractivity contribution >= 4 is 5.91 Å². The summed E-state index contributed by atoms with van der Waals surface area (Å²) in [5.41, 5.74) is 2.76. The molecule has 0 aromatic heterocycles. The molecule has 4 heteroatoms. The fourth-order valence-corrected chi connectivity index (χ4v) is 3.76. The minimum atomic E-state index is 0.260. The third kappa shape index (κ3) is 4.12. The Bertz CT molecular complexity index is 526. The van der Waals surface area contributed by atoms with Crippen molar-refractivity contribution in [3.8, 4) is 0 Å². The van der Waals surface area contributed by atoms with Crippen molar-refractivity contribution in [2.75, 3.05) is 39.9 Å². The van der Waals surface area contributed by atoms with Crippen molar-refractivity contribution in [3.05, 3.63) is 35.4 Å². The Labute approximate surface area is 139 Å². The lowest BCUT2D eigenvalue weighted by atomic mass is 9.87. The molecule has 1 fully saturated rings. The zero-order chi connectivity index (χ0) is 16.1. The number of carbonyl (C=O) groups excluding carboxylic acids is 1. The van der Waals surface area contributed by atoms with Crippen LogP contribution in [0.1, 0.15) is 42.9 Å². The molecule has 1 aliphatic heterocycles. The predicted molar refractivity (Wildman–Crippen MR) is 91.4 cm³/mol. The number of fused-ring (bicyclic) bond motifs is 1. The van der Waals surface area contributed by atoms with Gasteiger partial charge >= 0.3 is 0 Å². The van der Waals surface area contributed by atoms with Gasteiger partial charge in [0.05, 0.1) is 19.3 Å². The van der Waals surface area contributed by atoms with Crippen LogP contribution in [0.4, 0.5) is 0 Å². The summed E-state index contributed by atoms with van der Waals surface area (Å²) >= 11 is 0. The normalized spacial score (nSPS) is 21.7. The highest BCUT2D eigenvalue weighted by molar-refractivity contribution is 5.76. The second kappa shape index (κ2) is 7.93. The maximum atomic E-state index is 12.6. The molecule has 0 saturated carbocycles. The minimum absolute atomic E-state index is 0.260. The number of hydrogen-bond donors (Lipinski definition) is 0. The molecule has 1 atom stereocenters. The first-order valence-electron chi connectivity index (χ1n) is 8.89. The van der Waals surface area contributed by atoms with Crippen LogP contribution in [0.3, 0.4) is 0 Å². The first-order chi connectivity index (χ1) is 11.3. The summed E-state index contributed by atoms with van der Waals surface area (Å²) in [6.07, 6.45) is 4.99. The van der Waals surface area contributed by atoms with Gasteiger partial charge in [0.1, 0.15) is 0 Å². The Hall–Kier alpha value is -1.39. The highest BCUT2D eigenvalue weighted by atomic mass is 16.5. The first kappa shape index (κ1) is 16.5. The average molecular weight is 316 g/mol. The van der Waals surface area contributed by atoms with Gasteiger partial charge in [0.25, 0.3) is 0 Å². The molecule has 3 rings (SSSR count). The smallest absolute Gasteiger partial charge is 0.222 e. The van der Waals surface area contributed by atoms with E-state index in [1.54, 1.807) is 0 Å². The fraction of sp³-hybridized carbons (Fsp3) is 0.632. The van der Waals surface area contributed by atoms with Crippen molar-refractivity contribution in [3.63, 3.8) is 0 Å². The molecule has 0 bridgehead atoms. The van der Waals surface area contributed by atoms with Gasteiger partial charge in [0.2, 0.25) is 5.91 Å². The van der Waals surface area contributed by atoms with E-state index < -0.39 is 0 Å². The molecule has 126 valence electrons. The maximum Gasteiger partial charge on any atom is 0.222 e. The summed E-state index contributed by atoms with van der Waals surface area (Å²) in [5, 5.41) is 0. The number of hydrogen-bond acceptors (Lipinski definition) is 3. The number of benzene rings is 1. The predicted octanol–water partition coefficient (Wildman–Crippen LogP) is 2.63. The molecular formula is C19H28N2O2. The minimum Gasteiger partial charge on any atom is -0.379 e. The zero-order valence-corrected chi connectivity index (χ0v) is 14.2. The van der Waals surface area contributed by atoms with E-state index in [-0.39, 0.29) is 11.9 Å². The molecule has 0 radical (unpaired) electrons. The van der Waals surface area contributed by atoms with Crippen LogP contribution in [0.2, 0.25) is 0 Å². The van der Waals surface area contributed by atoms with Crippen molar-refractivity contribution in [2.24, 2.45) is 0 Å². The number of rotatable bonds is 5. The number of amides is 1. The Morgan fingerprint density at radius 1 is 1.30 bits per heavy atom. The summed E-state index contributed by atoms with van der Waals surface area (Å²) < 4.78 is 5.36. The molecule has 1 amide bonds. The van der Waals surface area contributed by atoms with Gasteiger partial charge in [0.15, 0.2) is 0 Å². The van der Waals surface area contributed by atoms with Crippen LogP contribution in [-0.2, 0) is 16.0 Å². The van der Waals surface area contributed by atoms with Crippen LogP contribution in [0.5, 0.6) is 0 Å². The van der Waals surface area contributed by atoms with Crippen molar-refractivity contribution in [2.45, 2.75) is 38.1 Å².